The maximum absolute atomic E-state index is 13.7. The summed E-state index contributed by atoms with van der Waals surface area (Å²) >= 11 is 5.99. The molecule has 1 saturated heterocycles. The fraction of sp³-hybridized carbons (Fsp3) is 0.137. The van der Waals surface area contributed by atoms with Crippen LogP contribution in [0.15, 0.2) is 158 Å². The lowest BCUT2D eigenvalue weighted by Gasteiger charge is -2.32. The maximum Gasteiger partial charge on any atom is 0.494 e. The summed E-state index contributed by atoms with van der Waals surface area (Å²) in [6.07, 6.45) is 0. The Balaban J connectivity index is 0.000000165. The van der Waals surface area contributed by atoms with Crippen molar-refractivity contribution in [3.8, 4) is 69.1 Å². The van der Waals surface area contributed by atoms with E-state index in [0.717, 1.165) is 22.3 Å². The average molecular weight is 883 g/mol. The van der Waals surface area contributed by atoms with E-state index in [9.17, 15) is 8.78 Å². The van der Waals surface area contributed by atoms with Crippen LogP contribution in [0.5, 0.6) is 0 Å². The van der Waals surface area contributed by atoms with Gasteiger partial charge in [0.15, 0.2) is 29.1 Å². The van der Waals surface area contributed by atoms with Crippen LogP contribution in [0.2, 0.25) is 5.28 Å². The first-order valence-electron chi connectivity index (χ1n) is 20.0. The van der Waals surface area contributed by atoms with Crippen LogP contribution in [-0.2, 0) is 9.31 Å². The van der Waals surface area contributed by atoms with Crippen LogP contribution in [0, 0.1) is 34.3 Å². The van der Waals surface area contributed by atoms with Gasteiger partial charge in [0.1, 0.15) is 23.8 Å². The molecule has 1 aliphatic rings. The molecule has 0 saturated carbocycles. The smallest absolute Gasteiger partial charge is 0.399 e. The first-order valence-corrected chi connectivity index (χ1v) is 20.4. The van der Waals surface area contributed by atoms with E-state index in [2.05, 4.69) is 29.9 Å². The molecule has 2 aromatic heterocycles. The lowest BCUT2D eigenvalue weighted by molar-refractivity contribution is 0.00578. The van der Waals surface area contributed by atoms with Gasteiger partial charge < -0.3 is 9.31 Å². The second kappa shape index (κ2) is 20.8. The average Bonchev–Trinajstić information content (AvgIpc) is 3.55. The van der Waals surface area contributed by atoms with E-state index < -0.39 is 30.0 Å². The van der Waals surface area contributed by atoms with E-state index in [1.54, 1.807) is 12.1 Å². The van der Waals surface area contributed by atoms with Gasteiger partial charge in [0, 0.05) is 27.8 Å². The quantitative estimate of drug-likeness (QED) is 0.148. The second-order valence-electron chi connectivity index (χ2n) is 15.3. The molecule has 0 spiro atoms. The largest absolute Gasteiger partial charge is 0.494 e. The Morgan fingerprint density at radius 3 is 1.15 bits per heavy atom. The van der Waals surface area contributed by atoms with Gasteiger partial charge in [-0.25, -0.2) is 28.7 Å². The Labute approximate surface area is 382 Å². The van der Waals surface area contributed by atoms with Crippen molar-refractivity contribution in [1.29, 1.82) is 10.5 Å². The van der Waals surface area contributed by atoms with E-state index in [1.807, 2.05) is 161 Å². The third kappa shape index (κ3) is 11.3. The number of hydrogen-bond donors (Lipinski definition) is 0. The van der Waals surface area contributed by atoms with Gasteiger partial charge in [0.2, 0.25) is 5.28 Å². The Hall–Kier alpha value is -7.55. The monoisotopic (exact) mass is 882 g/mol. The van der Waals surface area contributed by atoms with Gasteiger partial charge in [-0.05, 0) is 75.1 Å². The van der Waals surface area contributed by atoms with Crippen LogP contribution in [0.4, 0.5) is 8.78 Å². The molecule has 0 bridgehead atoms. The minimum Gasteiger partial charge on any atom is -0.399 e. The number of aromatic nitrogens is 6. The van der Waals surface area contributed by atoms with Gasteiger partial charge in [-0.2, -0.15) is 20.5 Å². The van der Waals surface area contributed by atoms with Crippen LogP contribution in [0.1, 0.15) is 46.2 Å². The van der Waals surface area contributed by atoms with Crippen LogP contribution >= 0.6 is 11.6 Å². The molecule has 0 N–H and O–H groups in total. The normalized spacial score (nSPS) is 13.1. The molecule has 0 radical (unpaired) electrons. The molecule has 1 fully saturated rings. The van der Waals surface area contributed by atoms with Crippen molar-refractivity contribution in [1.82, 2.24) is 29.9 Å². The van der Waals surface area contributed by atoms with Crippen LogP contribution < -0.4 is 5.46 Å². The Bertz CT molecular complexity index is 2840. The SMILES string of the molecule is C.CC1(C)OB(c2ccc(F)c(C#N)c2)OC1(C)C.Clc1nc(-c2ccccc2)nc(-c2ccccc2)n1.N#Cc1cc(-c2nc(-c3ccccc3)nc(-c3ccccc3)n2)ccc1F. The highest BCUT2D eigenvalue weighted by molar-refractivity contribution is 6.62. The number of rotatable bonds is 6. The zero-order valence-electron chi connectivity index (χ0n) is 35.1. The van der Waals surface area contributed by atoms with E-state index in [-0.39, 0.29) is 23.8 Å². The van der Waals surface area contributed by atoms with Crippen molar-refractivity contribution >= 4 is 24.2 Å². The van der Waals surface area contributed by atoms with Crippen molar-refractivity contribution in [2.75, 3.05) is 0 Å². The summed E-state index contributed by atoms with van der Waals surface area (Å²) in [4.78, 5) is 26.5. The Kier molecular flexibility index (Phi) is 15.0. The van der Waals surface area contributed by atoms with Crippen molar-refractivity contribution in [2.45, 2.75) is 46.3 Å². The minimum atomic E-state index is -0.568. The Morgan fingerprint density at radius 2 is 0.785 bits per heavy atom. The van der Waals surface area contributed by atoms with Crippen molar-refractivity contribution < 1.29 is 18.1 Å². The Morgan fingerprint density at radius 1 is 0.462 bits per heavy atom. The van der Waals surface area contributed by atoms with E-state index in [1.165, 1.54) is 24.3 Å². The predicted molar refractivity (Wildman–Crippen MR) is 250 cm³/mol. The molecule has 10 nitrogen and oxygen atoms in total. The molecule has 0 unspecified atom stereocenters. The molecule has 0 amide bonds. The van der Waals surface area contributed by atoms with Crippen LogP contribution in [0.3, 0.4) is 0 Å². The first kappa shape index (κ1) is 46.9. The molecule has 0 atom stereocenters. The summed E-state index contributed by atoms with van der Waals surface area (Å²) in [5, 5.41) is 18.1. The highest BCUT2D eigenvalue weighted by atomic mass is 35.5. The molecule has 1 aliphatic heterocycles. The molecule has 3 heterocycles. The zero-order chi connectivity index (χ0) is 45.3. The van der Waals surface area contributed by atoms with E-state index in [4.69, 9.17) is 31.4 Å². The van der Waals surface area contributed by atoms with Gasteiger partial charge in [-0.15, -0.1) is 0 Å². The minimum absolute atomic E-state index is 0. The molecule has 9 rings (SSSR count). The summed E-state index contributed by atoms with van der Waals surface area (Å²) in [5.41, 5.74) is 3.82. The van der Waals surface area contributed by atoms with Gasteiger partial charge in [-0.1, -0.05) is 135 Å². The lowest BCUT2D eigenvalue weighted by Crippen LogP contribution is -2.41. The third-order valence-corrected chi connectivity index (χ3v) is 10.5. The van der Waals surface area contributed by atoms with E-state index in [0.29, 0.717) is 40.1 Å². The summed E-state index contributed by atoms with van der Waals surface area (Å²) in [6.45, 7) is 7.78. The van der Waals surface area contributed by atoms with Gasteiger partial charge in [0.05, 0.1) is 22.3 Å². The number of nitriles is 2. The third-order valence-electron chi connectivity index (χ3n) is 10.4. The van der Waals surface area contributed by atoms with Gasteiger partial charge >= 0.3 is 7.12 Å². The standard InChI is InChI=1S/C22H13FN4.C15H10ClN3.C13H15BFNO2.CH4/c23-19-12-11-17(13-18(19)14-24)22-26-20(15-7-3-1-4-8-15)25-21(27-22)16-9-5-2-6-10-16;16-15-18-13(11-7-3-1-4-8-11)17-14(19-15)12-9-5-2-6-10-12;1-12(2)13(3,4)18-14(17-12)10-5-6-11(15)9(7-10)8-16;/h1-13H;1-10H;5-7H,1-4H3;1H4. The first-order chi connectivity index (χ1) is 30.8. The molecule has 0 aliphatic carbocycles. The molecule has 14 heteroatoms. The second-order valence-corrected chi connectivity index (χ2v) is 15.6. The molecular weight excluding hydrogens is 841 g/mol. The van der Waals surface area contributed by atoms with Crippen molar-refractivity contribution in [2.24, 2.45) is 0 Å². The molecule has 65 heavy (non-hydrogen) atoms. The molecule has 6 aromatic carbocycles. The highest BCUT2D eigenvalue weighted by Crippen LogP contribution is 2.36. The highest BCUT2D eigenvalue weighted by Gasteiger charge is 2.51. The van der Waals surface area contributed by atoms with Crippen molar-refractivity contribution in [3.63, 3.8) is 0 Å². The van der Waals surface area contributed by atoms with E-state index >= 15 is 0 Å². The van der Waals surface area contributed by atoms with Crippen molar-refractivity contribution in [3.05, 3.63) is 186 Å². The fourth-order valence-electron chi connectivity index (χ4n) is 6.22. The predicted octanol–water partition coefficient (Wildman–Crippen LogP) is 11.4. The summed E-state index contributed by atoms with van der Waals surface area (Å²) in [7, 11) is -0.567. The van der Waals surface area contributed by atoms with Gasteiger partial charge in [-0.3, -0.25) is 0 Å². The van der Waals surface area contributed by atoms with Crippen LogP contribution in [0.25, 0.3) is 56.9 Å². The fourth-order valence-corrected chi connectivity index (χ4v) is 6.38. The zero-order valence-corrected chi connectivity index (χ0v) is 35.9. The number of hydrogen-bond acceptors (Lipinski definition) is 10. The maximum atomic E-state index is 13.7. The summed E-state index contributed by atoms with van der Waals surface area (Å²) in [5.74, 6) is 1.49. The molecular formula is C51H42BClF2N8O2. The van der Waals surface area contributed by atoms with Crippen LogP contribution in [-0.4, -0.2) is 48.2 Å². The topological polar surface area (TPSA) is 143 Å². The summed E-state index contributed by atoms with van der Waals surface area (Å²) in [6, 6.07) is 50.8. The van der Waals surface area contributed by atoms with Gasteiger partial charge in [0.25, 0.3) is 0 Å². The molecule has 322 valence electrons. The number of nitrogens with zero attached hydrogens (tertiary/aromatic N) is 8. The number of halogens is 3. The molecule has 8 aromatic rings. The lowest BCUT2D eigenvalue weighted by atomic mass is 9.78. The summed E-state index contributed by atoms with van der Waals surface area (Å²) < 4.78 is 38.6. The number of benzene rings is 6.